The average molecular weight is 429 g/mol. The summed E-state index contributed by atoms with van der Waals surface area (Å²) in [6, 6.07) is 3.67. The number of hydrogen-bond acceptors (Lipinski definition) is 6. The minimum Gasteiger partial charge on any atom is -0.445 e. The zero-order valence-corrected chi connectivity index (χ0v) is 18.5. The first-order chi connectivity index (χ1) is 13.6. The average Bonchev–Trinajstić information content (AvgIpc) is 2.64. The second-order valence-corrected chi connectivity index (χ2v) is 8.80. The second-order valence-electron chi connectivity index (χ2n) is 6.94. The molecule has 0 aliphatic heterocycles. The Kier molecular flexibility index (Phi) is 10.9. The molecule has 1 atom stereocenters. The molecule has 0 heterocycles. The number of carbonyl (C=O) groups excluding carboxylic acids is 2. The second kappa shape index (κ2) is 12.6. The lowest BCUT2D eigenvalue weighted by atomic mass is 10.1. The number of aryl methyl sites for hydroxylation is 2. The van der Waals surface area contributed by atoms with Crippen LogP contribution >= 0.6 is 7.60 Å². The first kappa shape index (κ1) is 25.1. The number of hydrogen-bond donors (Lipinski definition) is 2. The fourth-order valence-corrected chi connectivity index (χ4v) is 3.14. The topological polar surface area (TPSA) is 111 Å². The Morgan fingerprint density at radius 1 is 1.10 bits per heavy atom. The van der Waals surface area contributed by atoms with Crippen molar-refractivity contribution in [2.24, 2.45) is 0 Å². The number of benzene rings is 1. The molecule has 1 amide bonds. The summed E-state index contributed by atoms with van der Waals surface area (Å²) < 4.78 is 26.3. The largest absolute Gasteiger partial charge is 0.445 e. The quantitative estimate of drug-likeness (QED) is 0.221. The maximum Gasteiger partial charge on any atom is 0.407 e. The maximum absolute atomic E-state index is 11.8. The lowest BCUT2D eigenvalue weighted by Crippen LogP contribution is -2.25. The van der Waals surface area contributed by atoms with E-state index in [1.165, 1.54) is 6.66 Å². The monoisotopic (exact) mass is 429 g/mol. The standard InChI is InChI=1S/C20H32NO7P/c1-5-18(22)28-19-15(2)12-17(13-16(19)3)14-26-20(23)21-10-8-6-7-9-11-27-29(4,24)25/h12-13H,5-11,14H2,1-4H3,(H,21,23)(H,24,25). The van der Waals surface area contributed by atoms with Gasteiger partial charge >= 0.3 is 19.7 Å². The molecule has 1 rings (SSSR count). The number of ether oxygens (including phenoxy) is 2. The summed E-state index contributed by atoms with van der Waals surface area (Å²) in [6.07, 6.45) is 3.03. The summed E-state index contributed by atoms with van der Waals surface area (Å²) in [7, 11) is -3.39. The van der Waals surface area contributed by atoms with Crippen LogP contribution in [-0.2, 0) is 25.2 Å². The lowest BCUT2D eigenvalue weighted by molar-refractivity contribution is -0.134. The van der Waals surface area contributed by atoms with Gasteiger partial charge in [-0.3, -0.25) is 9.36 Å². The van der Waals surface area contributed by atoms with Crippen molar-refractivity contribution in [2.75, 3.05) is 19.8 Å². The Morgan fingerprint density at radius 3 is 2.31 bits per heavy atom. The van der Waals surface area contributed by atoms with Crippen LogP contribution in [0, 0.1) is 13.8 Å². The van der Waals surface area contributed by atoms with Gasteiger partial charge in [0.25, 0.3) is 0 Å². The number of nitrogens with one attached hydrogen (secondary N) is 1. The molecule has 1 aromatic carbocycles. The van der Waals surface area contributed by atoms with Gasteiger partial charge in [0.2, 0.25) is 0 Å². The molecule has 29 heavy (non-hydrogen) atoms. The van der Waals surface area contributed by atoms with Gasteiger partial charge in [-0.1, -0.05) is 19.8 Å². The number of rotatable bonds is 12. The summed E-state index contributed by atoms with van der Waals surface area (Å²) in [5.74, 6) is 0.266. The van der Waals surface area contributed by atoms with Gasteiger partial charge in [0.05, 0.1) is 6.61 Å². The van der Waals surface area contributed by atoms with Gasteiger partial charge < -0.3 is 24.2 Å². The van der Waals surface area contributed by atoms with E-state index >= 15 is 0 Å². The van der Waals surface area contributed by atoms with E-state index in [-0.39, 0.29) is 19.2 Å². The van der Waals surface area contributed by atoms with Crippen LogP contribution in [0.15, 0.2) is 12.1 Å². The van der Waals surface area contributed by atoms with E-state index in [4.69, 9.17) is 18.9 Å². The van der Waals surface area contributed by atoms with Gasteiger partial charge in [-0.05, 0) is 55.5 Å². The van der Waals surface area contributed by atoms with Crippen LogP contribution in [0.1, 0.15) is 55.7 Å². The highest BCUT2D eigenvalue weighted by molar-refractivity contribution is 7.51. The van der Waals surface area contributed by atoms with Crippen molar-refractivity contribution in [3.63, 3.8) is 0 Å². The molecule has 0 saturated carbocycles. The number of amides is 1. The number of alkyl carbamates (subject to hydrolysis) is 1. The molecule has 164 valence electrons. The molecule has 8 nitrogen and oxygen atoms in total. The van der Waals surface area contributed by atoms with Crippen molar-refractivity contribution in [3.05, 3.63) is 28.8 Å². The van der Waals surface area contributed by atoms with Crippen molar-refractivity contribution in [1.29, 1.82) is 0 Å². The van der Waals surface area contributed by atoms with Crippen LogP contribution in [0.3, 0.4) is 0 Å². The SMILES string of the molecule is CCC(=O)Oc1c(C)cc(COC(=O)NCCCCCCOP(C)(=O)O)cc1C. The Bertz CT molecular complexity index is 707. The minimum atomic E-state index is -3.39. The van der Waals surface area contributed by atoms with Gasteiger partial charge in [-0.15, -0.1) is 0 Å². The van der Waals surface area contributed by atoms with E-state index in [1.54, 1.807) is 6.92 Å². The smallest absolute Gasteiger partial charge is 0.407 e. The Hall–Kier alpha value is -1.89. The molecule has 0 aromatic heterocycles. The highest BCUT2D eigenvalue weighted by Crippen LogP contribution is 2.36. The molecule has 9 heteroatoms. The zero-order chi connectivity index (χ0) is 21.9. The maximum atomic E-state index is 11.8. The van der Waals surface area contributed by atoms with Gasteiger partial charge in [-0.2, -0.15) is 0 Å². The van der Waals surface area contributed by atoms with E-state index in [0.717, 1.165) is 36.0 Å². The number of carbonyl (C=O) groups is 2. The third-order valence-corrected chi connectivity index (χ3v) is 4.73. The van der Waals surface area contributed by atoms with Gasteiger partial charge in [0, 0.05) is 19.6 Å². The Balaban J connectivity index is 2.26. The number of esters is 1. The molecule has 0 saturated heterocycles. The first-order valence-electron chi connectivity index (χ1n) is 9.78. The van der Waals surface area contributed by atoms with E-state index < -0.39 is 13.7 Å². The molecule has 2 N–H and O–H groups in total. The predicted octanol–water partition coefficient (Wildman–Crippen LogP) is 4.24. The van der Waals surface area contributed by atoms with Crippen molar-refractivity contribution in [3.8, 4) is 5.75 Å². The lowest BCUT2D eigenvalue weighted by Gasteiger charge is -2.13. The molecule has 0 spiro atoms. The fourth-order valence-electron chi connectivity index (χ4n) is 2.68. The van der Waals surface area contributed by atoms with Crippen LogP contribution in [0.4, 0.5) is 4.79 Å². The Labute approximate surface area is 172 Å². The van der Waals surface area contributed by atoms with Crippen molar-refractivity contribution in [1.82, 2.24) is 5.32 Å². The van der Waals surface area contributed by atoms with Crippen LogP contribution < -0.4 is 10.1 Å². The third-order valence-electron chi connectivity index (χ3n) is 4.07. The van der Waals surface area contributed by atoms with E-state index in [1.807, 2.05) is 26.0 Å². The highest BCUT2D eigenvalue weighted by atomic mass is 31.2. The molecule has 0 aliphatic carbocycles. The normalized spacial score (nSPS) is 12.9. The molecule has 0 fully saturated rings. The summed E-state index contributed by atoms with van der Waals surface area (Å²) >= 11 is 0. The van der Waals surface area contributed by atoms with E-state index in [2.05, 4.69) is 5.32 Å². The summed E-state index contributed by atoms with van der Waals surface area (Å²) in [4.78, 5) is 32.3. The third kappa shape index (κ3) is 11.0. The summed E-state index contributed by atoms with van der Waals surface area (Å²) in [5.41, 5.74) is 2.45. The van der Waals surface area contributed by atoms with Crippen LogP contribution in [0.5, 0.6) is 5.75 Å². The molecule has 1 unspecified atom stereocenters. The van der Waals surface area contributed by atoms with Crippen LogP contribution in [-0.4, -0.2) is 36.8 Å². The van der Waals surface area contributed by atoms with Crippen LogP contribution in [0.25, 0.3) is 0 Å². The summed E-state index contributed by atoms with van der Waals surface area (Å²) in [5, 5.41) is 2.70. The first-order valence-corrected chi connectivity index (χ1v) is 11.8. The van der Waals surface area contributed by atoms with Gasteiger partial charge in [0.15, 0.2) is 0 Å². The molecule has 0 bridgehead atoms. The highest BCUT2D eigenvalue weighted by Gasteiger charge is 2.11. The van der Waals surface area contributed by atoms with Gasteiger partial charge in [0.1, 0.15) is 12.4 Å². The molecular formula is C20H32NO7P. The molecule has 1 aromatic rings. The summed E-state index contributed by atoms with van der Waals surface area (Å²) in [6.45, 7) is 7.49. The molecule has 0 radical (unpaired) electrons. The van der Waals surface area contributed by atoms with Crippen molar-refractivity contribution in [2.45, 2.75) is 59.5 Å². The van der Waals surface area contributed by atoms with Crippen molar-refractivity contribution < 1.29 is 33.0 Å². The van der Waals surface area contributed by atoms with E-state index in [9.17, 15) is 14.2 Å². The molecular weight excluding hydrogens is 397 g/mol. The minimum absolute atomic E-state index is 0.130. The fraction of sp³-hybridized carbons (Fsp3) is 0.600. The van der Waals surface area contributed by atoms with Crippen molar-refractivity contribution >= 4 is 19.7 Å². The van der Waals surface area contributed by atoms with Gasteiger partial charge in [-0.25, -0.2) is 4.79 Å². The molecule has 0 aliphatic rings. The van der Waals surface area contributed by atoms with Crippen LogP contribution in [0.2, 0.25) is 0 Å². The Morgan fingerprint density at radius 2 is 1.72 bits per heavy atom. The predicted molar refractivity (Wildman–Crippen MR) is 110 cm³/mol. The van der Waals surface area contributed by atoms with E-state index in [0.29, 0.717) is 25.1 Å². The number of unbranched alkanes of at least 4 members (excludes halogenated alkanes) is 3. The zero-order valence-electron chi connectivity index (χ0n) is 17.7.